The fourth-order valence-electron chi connectivity index (χ4n) is 5.23. The highest BCUT2D eigenvalue weighted by Crippen LogP contribution is 2.35. The molecule has 0 bridgehead atoms. The van der Waals surface area contributed by atoms with Gasteiger partial charge in [0.05, 0.1) is 6.42 Å². The van der Waals surface area contributed by atoms with Crippen molar-refractivity contribution in [1.29, 1.82) is 0 Å². The number of amides is 4. The predicted octanol–water partition coefficient (Wildman–Crippen LogP) is 3.78. The van der Waals surface area contributed by atoms with Crippen molar-refractivity contribution in [2.24, 2.45) is 11.8 Å². The Balaban J connectivity index is 1.59. The summed E-state index contributed by atoms with van der Waals surface area (Å²) < 4.78 is 5.99. The summed E-state index contributed by atoms with van der Waals surface area (Å²) in [7, 11) is 9.18. The minimum atomic E-state index is -0.552. The van der Waals surface area contributed by atoms with Crippen molar-refractivity contribution in [2.75, 3.05) is 59.0 Å². The highest BCUT2D eigenvalue weighted by molar-refractivity contribution is 6.14. The first-order valence-electron chi connectivity index (χ1n) is 14.6. The molecule has 3 aromatic rings. The van der Waals surface area contributed by atoms with Crippen molar-refractivity contribution >= 4 is 46.1 Å². The second-order valence-electron chi connectivity index (χ2n) is 11.9. The Hall–Kier alpha value is -4.25. The number of hydrogen-bond acceptors (Lipinski definition) is 7. The number of likely N-dealkylation sites (N-methyl/N-ethyl adjacent to an activating group) is 2. The van der Waals surface area contributed by atoms with Gasteiger partial charge in [-0.1, -0.05) is 12.1 Å². The molecular weight excluding hydrogens is 548 g/mol. The number of pyridine rings is 1. The molecule has 2 aromatic heterocycles. The number of nitrogens with zero attached hydrogens (tertiary/aromatic N) is 4. The summed E-state index contributed by atoms with van der Waals surface area (Å²) >= 11 is 0. The highest BCUT2D eigenvalue weighted by Gasteiger charge is 2.32. The van der Waals surface area contributed by atoms with Gasteiger partial charge in [-0.3, -0.25) is 19.2 Å². The van der Waals surface area contributed by atoms with Gasteiger partial charge < -0.3 is 29.8 Å². The van der Waals surface area contributed by atoms with Gasteiger partial charge >= 0.3 is 0 Å². The lowest BCUT2D eigenvalue weighted by atomic mass is 9.81. The molecule has 2 N–H and O–H groups in total. The van der Waals surface area contributed by atoms with Gasteiger partial charge in [0.2, 0.25) is 23.5 Å². The molecule has 0 radical (unpaired) electrons. The number of carbonyl (C=O) groups excluding carboxylic acids is 4. The number of carbonyl (C=O) groups is 4. The predicted molar refractivity (Wildman–Crippen MR) is 166 cm³/mol. The molecule has 11 heteroatoms. The van der Waals surface area contributed by atoms with Crippen molar-refractivity contribution in [3.63, 3.8) is 0 Å². The van der Waals surface area contributed by atoms with E-state index in [1.807, 2.05) is 32.0 Å². The van der Waals surface area contributed by atoms with Crippen LogP contribution in [0.2, 0.25) is 0 Å². The van der Waals surface area contributed by atoms with E-state index in [4.69, 9.17) is 4.42 Å². The van der Waals surface area contributed by atoms with Gasteiger partial charge in [0, 0.05) is 57.7 Å². The molecule has 1 aliphatic rings. The number of rotatable bonds is 10. The summed E-state index contributed by atoms with van der Waals surface area (Å²) in [6.07, 6.45) is 4.20. The van der Waals surface area contributed by atoms with Crippen molar-refractivity contribution in [2.45, 2.75) is 39.0 Å². The zero-order chi connectivity index (χ0) is 31.3. The molecule has 4 amide bonds. The van der Waals surface area contributed by atoms with E-state index >= 15 is 0 Å². The Morgan fingerprint density at radius 3 is 2.23 bits per heavy atom. The van der Waals surface area contributed by atoms with Crippen LogP contribution in [0.5, 0.6) is 0 Å². The maximum absolute atomic E-state index is 13.5. The fraction of sp³-hybridized carbons (Fsp3) is 0.469. The first-order chi connectivity index (χ1) is 20.4. The van der Waals surface area contributed by atoms with Gasteiger partial charge in [-0.2, -0.15) is 0 Å². The Labute approximate surface area is 252 Å². The SMILES string of the molecule is Cc1ccc(NC(=O)c2oc3ccc(CC(=O)N(C)CCN(C)C)cc3c2NC(=O)[C@H]2CC[C@H](C(=O)N(C)C)CC2)nc1. The van der Waals surface area contributed by atoms with E-state index in [1.54, 1.807) is 61.4 Å². The van der Waals surface area contributed by atoms with Crippen LogP contribution in [0, 0.1) is 18.8 Å². The molecule has 1 aliphatic carbocycles. The summed E-state index contributed by atoms with van der Waals surface area (Å²) in [4.78, 5) is 61.8. The Morgan fingerprint density at radius 1 is 0.907 bits per heavy atom. The third kappa shape index (κ3) is 7.98. The summed E-state index contributed by atoms with van der Waals surface area (Å²) in [5.41, 5.74) is 2.35. The average Bonchev–Trinajstić information content (AvgIpc) is 3.34. The van der Waals surface area contributed by atoms with Crippen molar-refractivity contribution in [3.8, 4) is 0 Å². The molecule has 4 rings (SSSR count). The lowest BCUT2D eigenvalue weighted by molar-refractivity contribution is -0.135. The number of fused-ring (bicyclic) bond motifs is 1. The van der Waals surface area contributed by atoms with Crippen LogP contribution in [0.3, 0.4) is 0 Å². The third-order valence-electron chi connectivity index (χ3n) is 7.91. The van der Waals surface area contributed by atoms with Crippen molar-refractivity contribution < 1.29 is 23.6 Å². The summed E-state index contributed by atoms with van der Waals surface area (Å²) in [5, 5.41) is 6.26. The molecule has 1 fully saturated rings. The monoisotopic (exact) mass is 590 g/mol. The summed E-state index contributed by atoms with van der Waals surface area (Å²) in [6.45, 7) is 3.25. The number of hydrogen-bond donors (Lipinski definition) is 2. The van der Waals surface area contributed by atoms with E-state index in [-0.39, 0.29) is 47.4 Å². The average molecular weight is 591 g/mol. The number of aryl methyl sites for hydroxylation is 1. The third-order valence-corrected chi connectivity index (χ3v) is 7.91. The normalized spacial score (nSPS) is 16.6. The van der Waals surface area contributed by atoms with Crippen LogP contribution in [-0.4, -0.2) is 91.6 Å². The maximum Gasteiger partial charge on any atom is 0.294 e. The minimum Gasteiger partial charge on any atom is -0.449 e. The van der Waals surface area contributed by atoms with E-state index in [1.165, 1.54) is 0 Å². The van der Waals surface area contributed by atoms with Crippen LogP contribution in [0.1, 0.15) is 47.4 Å². The largest absolute Gasteiger partial charge is 0.449 e. The molecule has 2 heterocycles. The molecule has 0 saturated heterocycles. The lowest BCUT2D eigenvalue weighted by Crippen LogP contribution is -2.35. The first kappa shape index (κ1) is 31.7. The Kier molecular flexibility index (Phi) is 10.2. The van der Waals surface area contributed by atoms with Gasteiger partial charge in [0.25, 0.3) is 5.91 Å². The molecular formula is C32H42N6O5. The molecule has 230 valence electrons. The van der Waals surface area contributed by atoms with E-state index in [0.29, 0.717) is 49.0 Å². The van der Waals surface area contributed by atoms with E-state index in [9.17, 15) is 19.2 Å². The van der Waals surface area contributed by atoms with Crippen molar-refractivity contribution in [1.82, 2.24) is 19.7 Å². The van der Waals surface area contributed by atoms with Gasteiger partial charge in [-0.15, -0.1) is 0 Å². The minimum absolute atomic E-state index is 0.0391. The molecule has 0 unspecified atom stereocenters. The van der Waals surface area contributed by atoms with Crippen LogP contribution in [0.15, 0.2) is 40.9 Å². The van der Waals surface area contributed by atoms with Crippen LogP contribution in [-0.2, 0) is 20.8 Å². The van der Waals surface area contributed by atoms with Gasteiger partial charge in [-0.05, 0) is 76.0 Å². The second kappa shape index (κ2) is 13.8. The number of benzene rings is 1. The smallest absolute Gasteiger partial charge is 0.294 e. The number of anilines is 2. The summed E-state index contributed by atoms with van der Waals surface area (Å²) in [5.74, 6) is -0.831. The number of aromatic nitrogens is 1. The maximum atomic E-state index is 13.5. The summed E-state index contributed by atoms with van der Waals surface area (Å²) in [6, 6.07) is 8.83. The van der Waals surface area contributed by atoms with Crippen molar-refractivity contribution in [3.05, 3.63) is 53.4 Å². The lowest BCUT2D eigenvalue weighted by Gasteiger charge is -2.28. The molecule has 43 heavy (non-hydrogen) atoms. The Morgan fingerprint density at radius 2 is 1.60 bits per heavy atom. The van der Waals surface area contributed by atoms with Gasteiger partial charge in [0.1, 0.15) is 17.1 Å². The van der Waals surface area contributed by atoms with Crippen LogP contribution in [0.25, 0.3) is 11.0 Å². The van der Waals surface area contributed by atoms with Crippen LogP contribution < -0.4 is 10.6 Å². The molecule has 0 aliphatic heterocycles. The molecule has 1 saturated carbocycles. The second-order valence-corrected chi connectivity index (χ2v) is 11.9. The van der Waals surface area contributed by atoms with E-state index in [0.717, 1.165) is 17.7 Å². The highest BCUT2D eigenvalue weighted by atomic mass is 16.3. The zero-order valence-electron chi connectivity index (χ0n) is 25.9. The topological polar surface area (TPSA) is 128 Å². The molecule has 0 spiro atoms. The quantitative estimate of drug-likeness (QED) is 0.368. The number of furan rings is 1. The number of nitrogens with one attached hydrogen (secondary N) is 2. The van der Waals surface area contributed by atoms with Gasteiger partial charge in [-0.25, -0.2) is 4.98 Å². The molecule has 0 atom stereocenters. The first-order valence-corrected chi connectivity index (χ1v) is 14.6. The Bertz CT molecular complexity index is 1470. The van der Waals surface area contributed by atoms with E-state index in [2.05, 4.69) is 15.6 Å². The van der Waals surface area contributed by atoms with Gasteiger partial charge in [0.15, 0.2) is 0 Å². The van der Waals surface area contributed by atoms with Crippen LogP contribution >= 0.6 is 0 Å². The standard InChI is InChI=1S/C32H42N6O5/c1-20-7-14-26(33-19-20)34-31(41)29-28(35-30(40)22-9-11-23(12-10-22)32(42)37(4)5)24-17-21(8-13-25(24)43-29)18-27(39)38(6)16-15-36(2)3/h7-8,13-14,17,19,22-23H,9-12,15-16,18H2,1-6H3,(H,35,40)(H,33,34,41)/t22-,23-. The zero-order valence-corrected chi connectivity index (χ0v) is 25.9. The molecule has 1 aromatic carbocycles. The molecule has 11 nitrogen and oxygen atoms in total. The fourth-order valence-corrected chi connectivity index (χ4v) is 5.23. The van der Waals surface area contributed by atoms with Crippen LogP contribution in [0.4, 0.5) is 11.5 Å². The van der Waals surface area contributed by atoms with E-state index < -0.39 is 5.91 Å².